The van der Waals surface area contributed by atoms with E-state index in [2.05, 4.69) is 15.0 Å². The van der Waals surface area contributed by atoms with E-state index in [4.69, 9.17) is 21.9 Å². The molecular weight excluding hydrogens is 662 g/mol. The van der Waals surface area contributed by atoms with E-state index < -0.39 is 41.3 Å². The second-order valence-electron chi connectivity index (χ2n) is 9.67. The zero-order valence-electron chi connectivity index (χ0n) is 22.7. The number of nitrogen functional groups attached to an aromatic ring is 1. The normalized spacial score (nSPS) is 12.1. The Morgan fingerprint density at radius 1 is 0.935 bits per heavy atom. The zero-order chi connectivity index (χ0) is 33.0. The molecule has 6 rings (SSSR count). The molecule has 3 N–H and O–H groups in total. The standard InChI is InChI=1S/C30H15ClF6N4O4S/c31-17-7-3-15(4-8-17)21-13-20(14-1-5-16(6-2-14)29(32,33)34)22-23(38)26(46-27(22)39-21)25(42)24-28(43)45-40-41(24)18-9-11-19(12-10-18)44-30(35,36)37/h1-13H,(H2-,38,40,42,43)/p+1. The minimum absolute atomic E-state index is 0.0372. The van der Waals surface area contributed by atoms with Crippen molar-refractivity contribution in [3.63, 3.8) is 0 Å². The van der Waals surface area contributed by atoms with E-state index >= 15 is 0 Å². The van der Waals surface area contributed by atoms with Crippen molar-refractivity contribution < 1.29 is 50.2 Å². The van der Waals surface area contributed by atoms with E-state index in [-0.39, 0.29) is 26.5 Å². The van der Waals surface area contributed by atoms with Gasteiger partial charge in [-0.25, -0.2) is 4.98 Å². The van der Waals surface area contributed by atoms with Crippen LogP contribution in [-0.4, -0.2) is 27.5 Å². The van der Waals surface area contributed by atoms with E-state index in [1.807, 2.05) is 0 Å². The summed E-state index contributed by atoms with van der Waals surface area (Å²) in [6.45, 7) is 0. The van der Waals surface area contributed by atoms with Crippen LogP contribution in [-0.2, 0) is 6.18 Å². The van der Waals surface area contributed by atoms with Gasteiger partial charge in [0.25, 0.3) is 5.78 Å². The molecule has 0 aliphatic heterocycles. The van der Waals surface area contributed by atoms with Crippen LogP contribution >= 0.6 is 22.9 Å². The molecule has 0 amide bonds. The minimum atomic E-state index is -4.93. The first kappa shape index (κ1) is 30.9. The molecule has 3 heterocycles. The molecule has 0 bridgehead atoms. The number of nitrogens with zero attached hydrogens (tertiary/aromatic N) is 3. The third-order valence-corrected chi connectivity index (χ3v) is 8.07. The van der Waals surface area contributed by atoms with Gasteiger partial charge in [0.1, 0.15) is 15.5 Å². The Morgan fingerprint density at radius 2 is 1.57 bits per heavy atom. The highest BCUT2D eigenvalue weighted by Crippen LogP contribution is 2.43. The van der Waals surface area contributed by atoms with Crippen LogP contribution in [0.15, 0.2) is 83.4 Å². The van der Waals surface area contributed by atoms with Crippen molar-refractivity contribution in [1.29, 1.82) is 0 Å². The van der Waals surface area contributed by atoms with E-state index in [1.54, 1.807) is 30.3 Å². The van der Waals surface area contributed by atoms with Gasteiger partial charge in [-0.3, -0.25) is 9.32 Å². The van der Waals surface area contributed by atoms with E-state index in [0.717, 1.165) is 52.4 Å². The summed E-state index contributed by atoms with van der Waals surface area (Å²) in [7, 11) is 0. The van der Waals surface area contributed by atoms with Crippen LogP contribution in [0.5, 0.6) is 11.7 Å². The summed E-state index contributed by atoms with van der Waals surface area (Å²) in [4.78, 5) is 18.7. The molecule has 0 unspecified atom stereocenters. The van der Waals surface area contributed by atoms with E-state index in [9.17, 15) is 36.2 Å². The molecule has 16 heteroatoms. The highest BCUT2D eigenvalue weighted by atomic mass is 35.5. The molecule has 0 aliphatic rings. The predicted octanol–water partition coefficient (Wildman–Crippen LogP) is 7.98. The third-order valence-electron chi connectivity index (χ3n) is 6.72. The summed E-state index contributed by atoms with van der Waals surface area (Å²) >= 11 is 6.88. The number of anilines is 1. The Bertz CT molecular complexity index is 2090. The molecule has 0 aliphatic carbocycles. The van der Waals surface area contributed by atoms with E-state index in [1.165, 1.54) is 12.1 Å². The molecule has 3 aromatic carbocycles. The number of ether oxygens (including phenoxy) is 1. The summed E-state index contributed by atoms with van der Waals surface area (Å²) in [5, 5.41) is 14.8. The Hall–Kier alpha value is -5.15. The maximum absolute atomic E-state index is 13.9. The Balaban J connectivity index is 1.48. The maximum Gasteiger partial charge on any atom is 0.573 e. The monoisotopic (exact) mass is 677 g/mol. The zero-order valence-corrected chi connectivity index (χ0v) is 24.2. The number of carbonyl (C=O) groups excluding carboxylic acids is 1. The van der Waals surface area contributed by atoms with Crippen molar-refractivity contribution in [2.24, 2.45) is 0 Å². The first-order valence-electron chi connectivity index (χ1n) is 12.9. The number of benzene rings is 3. The quantitative estimate of drug-likeness (QED) is 0.104. The smallest absolute Gasteiger partial charge is 0.474 e. The van der Waals surface area contributed by atoms with Crippen LogP contribution < -0.4 is 15.2 Å². The number of hydrogen-bond acceptors (Lipinski definition) is 8. The molecule has 0 atom stereocenters. The van der Waals surface area contributed by atoms with Gasteiger partial charge in [0.15, 0.2) is 0 Å². The number of fused-ring (bicyclic) bond motifs is 1. The fourth-order valence-electron chi connectivity index (χ4n) is 4.64. The molecule has 3 aromatic heterocycles. The molecule has 0 spiro atoms. The lowest BCUT2D eigenvalue weighted by molar-refractivity contribution is -0.672. The Morgan fingerprint density at radius 3 is 2.17 bits per heavy atom. The molecule has 0 saturated heterocycles. The topological polar surface area (TPSA) is 115 Å². The number of hydrogen-bond donors (Lipinski definition) is 2. The second kappa shape index (κ2) is 11.3. The number of aromatic hydroxyl groups is 1. The van der Waals surface area contributed by atoms with Gasteiger partial charge in [0.05, 0.1) is 16.9 Å². The second-order valence-corrected chi connectivity index (χ2v) is 11.1. The van der Waals surface area contributed by atoms with Gasteiger partial charge in [0.2, 0.25) is 11.0 Å². The van der Waals surface area contributed by atoms with Crippen molar-refractivity contribution in [3.8, 4) is 39.8 Å². The molecule has 46 heavy (non-hydrogen) atoms. The first-order chi connectivity index (χ1) is 21.7. The van der Waals surface area contributed by atoms with Crippen molar-refractivity contribution in [2.45, 2.75) is 12.5 Å². The van der Waals surface area contributed by atoms with Crippen LogP contribution in [0.2, 0.25) is 5.02 Å². The van der Waals surface area contributed by atoms with E-state index in [0.29, 0.717) is 27.4 Å². The van der Waals surface area contributed by atoms with Crippen LogP contribution in [0.1, 0.15) is 20.9 Å². The van der Waals surface area contributed by atoms with Gasteiger partial charge in [-0.2, -0.15) is 13.2 Å². The molecule has 0 fully saturated rings. The average molecular weight is 678 g/mol. The number of aromatic nitrogens is 3. The SMILES string of the molecule is Nc1c(C(=O)c2c(O)on[n+]2-c2ccc(OC(F)(F)F)cc2)sc2nc(-c3ccc(Cl)cc3)cc(-c3ccc(C(F)(F)F)cc3)c12. The summed E-state index contributed by atoms with van der Waals surface area (Å²) in [6.07, 6.45) is -9.50. The van der Waals surface area contributed by atoms with Crippen LogP contribution in [0.3, 0.4) is 0 Å². The largest absolute Gasteiger partial charge is 0.573 e. The highest BCUT2D eigenvalue weighted by Gasteiger charge is 2.38. The number of alkyl halides is 6. The fraction of sp³-hybridized carbons (Fsp3) is 0.0667. The summed E-state index contributed by atoms with van der Waals surface area (Å²) in [5.74, 6) is -2.32. The van der Waals surface area contributed by atoms with Gasteiger partial charge >= 0.3 is 24.2 Å². The van der Waals surface area contributed by atoms with Crippen LogP contribution in [0.4, 0.5) is 32.0 Å². The number of pyridine rings is 1. The van der Waals surface area contributed by atoms with Crippen molar-refractivity contribution >= 4 is 44.6 Å². The van der Waals surface area contributed by atoms with Gasteiger partial charge in [0, 0.05) is 32.8 Å². The molecule has 6 aromatic rings. The van der Waals surface area contributed by atoms with Gasteiger partial charge < -0.3 is 15.6 Å². The number of carbonyl (C=O) groups is 1. The van der Waals surface area contributed by atoms with Crippen molar-refractivity contribution in [2.75, 3.05) is 5.73 Å². The van der Waals surface area contributed by atoms with Gasteiger partial charge in [-0.05, 0) is 53.6 Å². The van der Waals surface area contributed by atoms with Crippen LogP contribution in [0, 0.1) is 0 Å². The molecule has 0 radical (unpaired) electrons. The minimum Gasteiger partial charge on any atom is -0.474 e. The number of halogens is 7. The number of rotatable bonds is 6. The lowest BCUT2D eigenvalue weighted by Gasteiger charge is -2.11. The van der Waals surface area contributed by atoms with Crippen molar-refractivity contribution in [1.82, 2.24) is 10.3 Å². The fourth-order valence-corrected chi connectivity index (χ4v) is 5.83. The van der Waals surface area contributed by atoms with Gasteiger partial charge in [-0.1, -0.05) is 35.9 Å². The maximum atomic E-state index is 13.9. The van der Waals surface area contributed by atoms with Crippen LogP contribution in [0.25, 0.3) is 38.3 Å². The number of ketones is 1. The van der Waals surface area contributed by atoms with Crippen molar-refractivity contribution in [3.05, 3.63) is 100 Å². The molecular formula is C30H16ClF6N4O4S+. The lowest BCUT2D eigenvalue weighted by Crippen LogP contribution is -2.38. The third kappa shape index (κ3) is 5.93. The summed E-state index contributed by atoms with van der Waals surface area (Å²) in [6, 6.07) is 16.9. The highest BCUT2D eigenvalue weighted by molar-refractivity contribution is 7.21. The van der Waals surface area contributed by atoms with Gasteiger partial charge in [-0.15, -0.1) is 24.5 Å². The Labute approximate surface area is 262 Å². The number of nitrogens with two attached hydrogens (primary N) is 1. The average Bonchev–Trinajstić information content (AvgIpc) is 3.55. The number of thiophene rings is 1. The predicted molar refractivity (Wildman–Crippen MR) is 155 cm³/mol. The molecule has 234 valence electrons. The molecule has 8 nitrogen and oxygen atoms in total. The summed E-state index contributed by atoms with van der Waals surface area (Å²) < 4.78 is 87.2. The molecule has 0 saturated carbocycles. The Kier molecular flexibility index (Phi) is 7.60. The summed E-state index contributed by atoms with van der Waals surface area (Å²) in [5.41, 5.74) is 6.83. The first-order valence-corrected chi connectivity index (χ1v) is 14.1. The lowest BCUT2D eigenvalue weighted by atomic mass is 9.98.